The summed E-state index contributed by atoms with van der Waals surface area (Å²) in [6.07, 6.45) is 8.85. The molecule has 1 unspecified atom stereocenters. The molecule has 0 aliphatic carbocycles. The fraction of sp³-hybridized carbons (Fsp3) is 0.500. The third kappa shape index (κ3) is 5.01. The van der Waals surface area contributed by atoms with E-state index in [1.807, 2.05) is 6.20 Å². The van der Waals surface area contributed by atoms with Crippen LogP contribution in [-0.4, -0.2) is 16.3 Å². The molecule has 1 N–H and O–H groups in total. The highest BCUT2D eigenvalue weighted by Crippen LogP contribution is 2.15. The normalized spacial score (nSPS) is 12.5. The first-order valence-electron chi connectivity index (χ1n) is 8.13. The Morgan fingerprint density at radius 2 is 1.95 bits per heavy atom. The molecule has 3 heteroatoms. The average Bonchev–Trinajstić information content (AvgIpc) is 2.99. The van der Waals surface area contributed by atoms with Crippen molar-refractivity contribution in [3.63, 3.8) is 0 Å². The molecular weight excluding hydrogens is 258 g/mol. The number of hydrogen-bond donors (Lipinski definition) is 1. The molecule has 3 nitrogen and oxygen atoms in total. The molecule has 0 spiro atoms. The van der Waals surface area contributed by atoms with E-state index >= 15 is 0 Å². The second-order valence-corrected chi connectivity index (χ2v) is 5.50. The van der Waals surface area contributed by atoms with Crippen molar-refractivity contribution in [2.24, 2.45) is 0 Å². The standard InChI is InChI=1S/C18H27N3/c1-3-18(19-4-2)17-14-20-21(15-17)13-9-8-12-16-10-6-5-7-11-16/h5-7,10-11,14-15,18-19H,3-4,8-9,12-13H2,1-2H3. The molecule has 21 heavy (non-hydrogen) atoms. The van der Waals surface area contributed by atoms with Crippen LogP contribution < -0.4 is 5.32 Å². The van der Waals surface area contributed by atoms with Gasteiger partial charge in [0, 0.05) is 24.3 Å². The summed E-state index contributed by atoms with van der Waals surface area (Å²) >= 11 is 0. The van der Waals surface area contributed by atoms with Crippen LogP contribution in [-0.2, 0) is 13.0 Å². The highest BCUT2D eigenvalue weighted by Gasteiger charge is 2.09. The lowest BCUT2D eigenvalue weighted by atomic mass is 10.1. The minimum absolute atomic E-state index is 0.438. The van der Waals surface area contributed by atoms with Gasteiger partial charge in [0.15, 0.2) is 0 Å². The predicted octanol–water partition coefficient (Wildman–Crippen LogP) is 3.97. The number of rotatable bonds is 9. The fourth-order valence-electron chi connectivity index (χ4n) is 2.67. The summed E-state index contributed by atoms with van der Waals surface area (Å²) in [7, 11) is 0. The van der Waals surface area contributed by atoms with Crippen LogP contribution in [0.5, 0.6) is 0 Å². The van der Waals surface area contributed by atoms with Crippen molar-refractivity contribution in [1.29, 1.82) is 0 Å². The molecule has 2 aromatic rings. The molecule has 0 saturated heterocycles. The topological polar surface area (TPSA) is 29.9 Å². The minimum Gasteiger partial charge on any atom is -0.310 e. The van der Waals surface area contributed by atoms with Gasteiger partial charge < -0.3 is 5.32 Å². The fourth-order valence-corrected chi connectivity index (χ4v) is 2.67. The Morgan fingerprint density at radius 1 is 1.14 bits per heavy atom. The van der Waals surface area contributed by atoms with Crippen molar-refractivity contribution in [3.05, 3.63) is 53.9 Å². The molecule has 0 radical (unpaired) electrons. The molecule has 0 saturated carbocycles. The summed E-state index contributed by atoms with van der Waals surface area (Å²) in [4.78, 5) is 0. The maximum atomic E-state index is 4.49. The number of aromatic nitrogens is 2. The van der Waals surface area contributed by atoms with Crippen LogP contribution >= 0.6 is 0 Å². The van der Waals surface area contributed by atoms with Gasteiger partial charge in [0.05, 0.1) is 6.20 Å². The Bertz CT molecular complexity index is 504. The van der Waals surface area contributed by atoms with Gasteiger partial charge in [-0.1, -0.05) is 44.2 Å². The number of aryl methyl sites for hydroxylation is 2. The zero-order chi connectivity index (χ0) is 14.9. The Morgan fingerprint density at radius 3 is 2.67 bits per heavy atom. The minimum atomic E-state index is 0.438. The molecular formula is C18H27N3. The molecule has 0 amide bonds. The third-order valence-corrected chi connectivity index (χ3v) is 3.86. The molecule has 2 rings (SSSR count). The molecule has 0 bridgehead atoms. The van der Waals surface area contributed by atoms with Crippen LogP contribution in [0.25, 0.3) is 0 Å². The van der Waals surface area contributed by atoms with Crippen LogP contribution in [0.4, 0.5) is 0 Å². The summed E-state index contributed by atoms with van der Waals surface area (Å²) in [6, 6.07) is 11.1. The van der Waals surface area contributed by atoms with Crippen LogP contribution in [0, 0.1) is 0 Å². The highest BCUT2D eigenvalue weighted by molar-refractivity contribution is 5.14. The zero-order valence-corrected chi connectivity index (χ0v) is 13.3. The Kier molecular flexibility index (Phi) is 6.48. The number of nitrogens with one attached hydrogen (secondary N) is 1. The number of nitrogens with zero attached hydrogens (tertiary/aromatic N) is 2. The first-order valence-corrected chi connectivity index (χ1v) is 8.13. The van der Waals surface area contributed by atoms with E-state index in [0.717, 1.165) is 25.9 Å². The molecule has 0 aliphatic rings. The smallest absolute Gasteiger partial charge is 0.0537 e. The number of hydrogen-bond acceptors (Lipinski definition) is 2. The van der Waals surface area contributed by atoms with Crippen LogP contribution in [0.3, 0.4) is 0 Å². The average molecular weight is 285 g/mol. The van der Waals surface area contributed by atoms with Crippen molar-refractivity contribution in [3.8, 4) is 0 Å². The molecule has 0 fully saturated rings. The van der Waals surface area contributed by atoms with Gasteiger partial charge >= 0.3 is 0 Å². The molecule has 1 atom stereocenters. The van der Waals surface area contributed by atoms with E-state index in [1.54, 1.807) is 0 Å². The lowest BCUT2D eigenvalue weighted by Crippen LogP contribution is -2.19. The van der Waals surface area contributed by atoms with Gasteiger partial charge in [-0.15, -0.1) is 0 Å². The van der Waals surface area contributed by atoms with E-state index in [4.69, 9.17) is 0 Å². The SMILES string of the molecule is CCNC(CC)c1cnn(CCCCc2ccccc2)c1. The van der Waals surface area contributed by atoms with Gasteiger partial charge in [-0.2, -0.15) is 5.10 Å². The largest absolute Gasteiger partial charge is 0.310 e. The highest BCUT2D eigenvalue weighted by atomic mass is 15.3. The van der Waals surface area contributed by atoms with E-state index < -0.39 is 0 Å². The van der Waals surface area contributed by atoms with Gasteiger partial charge in [-0.25, -0.2) is 0 Å². The van der Waals surface area contributed by atoms with E-state index in [1.165, 1.54) is 24.0 Å². The Labute approximate surface area is 128 Å². The van der Waals surface area contributed by atoms with Crippen molar-refractivity contribution < 1.29 is 0 Å². The lowest BCUT2D eigenvalue weighted by molar-refractivity contribution is 0.532. The Hall–Kier alpha value is -1.61. The van der Waals surface area contributed by atoms with Gasteiger partial charge in [-0.3, -0.25) is 4.68 Å². The van der Waals surface area contributed by atoms with E-state index in [9.17, 15) is 0 Å². The van der Waals surface area contributed by atoms with Gasteiger partial charge in [0.2, 0.25) is 0 Å². The van der Waals surface area contributed by atoms with Crippen LogP contribution in [0.1, 0.15) is 50.3 Å². The summed E-state index contributed by atoms with van der Waals surface area (Å²) in [5, 5.41) is 7.99. The second kappa shape index (κ2) is 8.63. The Balaban J connectivity index is 1.75. The summed E-state index contributed by atoms with van der Waals surface area (Å²) in [6.45, 7) is 6.37. The summed E-state index contributed by atoms with van der Waals surface area (Å²) in [5.74, 6) is 0. The van der Waals surface area contributed by atoms with Gasteiger partial charge in [0.25, 0.3) is 0 Å². The molecule has 114 valence electrons. The van der Waals surface area contributed by atoms with Gasteiger partial charge in [0.1, 0.15) is 0 Å². The van der Waals surface area contributed by atoms with E-state index in [0.29, 0.717) is 6.04 Å². The molecule has 1 heterocycles. The van der Waals surface area contributed by atoms with Crippen molar-refractivity contribution in [2.45, 2.75) is 52.1 Å². The first kappa shape index (κ1) is 15.8. The van der Waals surface area contributed by atoms with Crippen LogP contribution in [0.2, 0.25) is 0 Å². The predicted molar refractivity (Wildman–Crippen MR) is 88.3 cm³/mol. The van der Waals surface area contributed by atoms with E-state index in [2.05, 4.69) is 65.5 Å². The molecule has 1 aromatic carbocycles. The monoisotopic (exact) mass is 285 g/mol. The maximum Gasteiger partial charge on any atom is 0.0537 e. The second-order valence-electron chi connectivity index (χ2n) is 5.50. The first-order chi connectivity index (χ1) is 10.3. The molecule has 0 aliphatic heterocycles. The van der Waals surface area contributed by atoms with Crippen molar-refractivity contribution >= 4 is 0 Å². The quantitative estimate of drug-likeness (QED) is 0.707. The van der Waals surface area contributed by atoms with Crippen LogP contribution in [0.15, 0.2) is 42.7 Å². The third-order valence-electron chi connectivity index (χ3n) is 3.86. The van der Waals surface area contributed by atoms with Crippen molar-refractivity contribution in [1.82, 2.24) is 15.1 Å². The molecule has 1 aromatic heterocycles. The van der Waals surface area contributed by atoms with E-state index in [-0.39, 0.29) is 0 Å². The maximum absolute atomic E-state index is 4.49. The lowest BCUT2D eigenvalue weighted by Gasteiger charge is -2.13. The summed E-state index contributed by atoms with van der Waals surface area (Å²) < 4.78 is 2.08. The zero-order valence-electron chi connectivity index (χ0n) is 13.3. The van der Waals surface area contributed by atoms with Gasteiger partial charge in [-0.05, 0) is 37.8 Å². The number of benzene rings is 1. The summed E-state index contributed by atoms with van der Waals surface area (Å²) in [5.41, 5.74) is 2.74. The van der Waals surface area contributed by atoms with Crippen molar-refractivity contribution in [2.75, 3.05) is 6.54 Å². The number of unbranched alkanes of at least 4 members (excludes halogenated alkanes) is 1.